The zero-order valence-electron chi connectivity index (χ0n) is 20.2. The molecule has 0 saturated carbocycles. The standard InChI is InChI=1S/C29H31FO4/c1-29(2,3)26-11-5-18(13-24(26)25-15-21(33-4)10-12-27(25)30)17-34-22-9-8-19-6-7-20(14-28(31)32)23(19)16-22/h5,8-13,15-16,20H,6-7,14,17H2,1-4H3,(H,31,32). The summed E-state index contributed by atoms with van der Waals surface area (Å²) < 4.78 is 26.3. The summed E-state index contributed by atoms with van der Waals surface area (Å²) in [5, 5.41) is 9.21. The van der Waals surface area contributed by atoms with Gasteiger partial charge in [0.05, 0.1) is 13.5 Å². The van der Waals surface area contributed by atoms with Gasteiger partial charge in [-0.25, -0.2) is 4.39 Å². The number of methoxy groups -OCH3 is 1. The molecular weight excluding hydrogens is 431 g/mol. The van der Waals surface area contributed by atoms with Crippen molar-refractivity contribution in [1.82, 2.24) is 0 Å². The number of ether oxygens (including phenoxy) is 2. The van der Waals surface area contributed by atoms with Gasteiger partial charge in [0.1, 0.15) is 23.9 Å². The topological polar surface area (TPSA) is 55.8 Å². The van der Waals surface area contributed by atoms with Crippen molar-refractivity contribution in [3.63, 3.8) is 0 Å². The molecular formula is C29H31FO4. The number of rotatable bonds is 7. The number of aryl methyl sites for hydroxylation is 1. The quantitative estimate of drug-likeness (QED) is 0.416. The van der Waals surface area contributed by atoms with Gasteiger partial charge in [-0.15, -0.1) is 0 Å². The van der Waals surface area contributed by atoms with E-state index in [1.807, 2.05) is 36.4 Å². The van der Waals surface area contributed by atoms with Crippen LogP contribution in [0.4, 0.5) is 4.39 Å². The van der Waals surface area contributed by atoms with E-state index in [-0.39, 0.29) is 23.6 Å². The van der Waals surface area contributed by atoms with E-state index in [2.05, 4.69) is 20.8 Å². The van der Waals surface area contributed by atoms with Crippen molar-refractivity contribution < 1.29 is 23.8 Å². The summed E-state index contributed by atoms with van der Waals surface area (Å²) in [6.45, 7) is 6.65. The average Bonchev–Trinajstić information content (AvgIpc) is 3.18. The lowest BCUT2D eigenvalue weighted by molar-refractivity contribution is -0.137. The second kappa shape index (κ2) is 9.49. The van der Waals surface area contributed by atoms with Crippen molar-refractivity contribution in [2.75, 3.05) is 7.11 Å². The average molecular weight is 463 g/mol. The smallest absolute Gasteiger partial charge is 0.303 e. The first-order valence-electron chi connectivity index (χ1n) is 11.6. The molecule has 178 valence electrons. The zero-order valence-corrected chi connectivity index (χ0v) is 20.2. The minimum absolute atomic E-state index is 0.0322. The molecule has 1 unspecified atom stereocenters. The molecule has 0 aliphatic heterocycles. The maximum atomic E-state index is 14.9. The highest BCUT2D eigenvalue weighted by Crippen LogP contribution is 2.39. The number of carbonyl (C=O) groups is 1. The molecule has 5 heteroatoms. The highest BCUT2D eigenvalue weighted by atomic mass is 19.1. The van der Waals surface area contributed by atoms with Gasteiger partial charge >= 0.3 is 5.97 Å². The minimum atomic E-state index is -0.777. The lowest BCUT2D eigenvalue weighted by atomic mass is 9.81. The third-order valence-corrected chi connectivity index (χ3v) is 6.50. The molecule has 34 heavy (non-hydrogen) atoms. The molecule has 4 rings (SSSR count). The molecule has 0 saturated heterocycles. The number of aliphatic carboxylic acids is 1. The van der Waals surface area contributed by atoms with Gasteiger partial charge < -0.3 is 14.6 Å². The van der Waals surface area contributed by atoms with Crippen LogP contribution in [0.1, 0.15) is 61.8 Å². The number of benzene rings is 3. The molecule has 3 aromatic carbocycles. The van der Waals surface area contributed by atoms with E-state index in [9.17, 15) is 14.3 Å². The summed E-state index contributed by atoms with van der Waals surface area (Å²) in [5.74, 6) is 0.273. The molecule has 0 heterocycles. The first kappa shape index (κ1) is 23.8. The van der Waals surface area contributed by atoms with Crippen molar-refractivity contribution >= 4 is 5.97 Å². The molecule has 1 N–H and O–H groups in total. The second-order valence-electron chi connectivity index (χ2n) is 9.96. The third kappa shape index (κ3) is 5.09. The first-order valence-corrected chi connectivity index (χ1v) is 11.6. The fourth-order valence-corrected chi connectivity index (χ4v) is 4.74. The highest BCUT2D eigenvalue weighted by Gasteiger charge is 2.25. The molecule has 0 aromatic heterocycles. The fraction of sp³-hybridized carbons (Fsp3) is 0.345. The molecule has 3 aromatic rings. The van der Waals surface area contributed by atoms with Gasteiger partial charge in [0.2, 0.25) is 0 Å². The second-order valence-corrected chi connectivity index (χ2v) is 9.96. The van der Waals surface area contributed by atoms with Crippen molar-refractivity contribution in [2.45, 2.75) is 58.0 Å². The zero-order chi connectivity index (χ0) is 24.5. The number of carboxylic acids is 1. The Labute approximate surface area is 200 Å². The van der Waals surface area contributed by atoms with Crippen LogP contribution in [0.15, 0.2) is 54.6 Å². The monoisotopic (exact) mass is 462 g/mol. The Morgan fingerprint density at radius 1 is 1.03 bits per heavy atom. The van der Waals surface area contributed by atoms with Gasteiger partial charge in [0.25, 0.3) is 0 Å². The molecule has 1 aliphatic rings. The van der Waals surface area contributed by atoms with E-state index in [1.54, 1.807) is 19.2 Å². The molecule has 0 amide bonds. The van der Waals surface area contributed by atoms with E-state index in [4.69, 9.17) is 9.47 Å². The Balaban J connectivity index is 1.62. The predicted octanol–water partition coefficient (Wildman–Crippen LogP) is 6.88. The normalized spacial score (nSPS) is 15.1. The number of carboxylic acid groups (broad SMARTS) is 1. The number of fused-ring (bicyclic) bond motifs is 1. The van der Waals surface area contributed by atoms with Crippen LogP contribution in [0.3, 0.4) is 0 Å². The van der Waals surface area contributed by atoms with E-state index in [1.165, 1.54) is 11.6 Å². The highest BCUT2D eigenvalue weighted by molar-refractivity contribution is 5.71. The van der Waals surface area contributed by atoms with Crippen LogP contribution in [0, 0.1) is 5.82 Å². The van der Waals surface area contributed by atoms with Gasteiger partial charge in [-0.1, -0.05) is 39.0 Å². The largest absolute Gasteiger partial charge is 0.497 e. The van der Waals surface area contributed by atoms with Crippen LogP contribution < -0.4 is 9.47 Å². The van der Waals surface area contributed by atoms with Crippen LogP contribution in [0.25, 0.3) is 11.1 Å². The Morgan fingerprint density at radius 2 is 1.79 bits per heavy atom. The predicted molar refractivity (Wildman–Crippen MR) is 131 cm³/mol. The SMILES string of the molecule is COc1ccc(F)c(-c2cc(COc3ccc4c(c3)C(CC(=O)O)CC4)ccc2C(C)(C)C)c1. The Bertz CT molecular complexity index is 1210. The molecule has 1 aliphatic carbocycles. The summed E-state index contributed by atoms with van der Waals surface area (Å²) >= 11 is 0. The van der Waals surface area contributed by atoms with Gasteiger partial charge in [0.15, 0.2) is 0 Å². The van der Waals surface area contributed by atoms with Gasteiger partial charge in [0, 0.05) is 5.56 Å². The van der Waals surface area contributed by atoms with Crippen molar-refractivity contribution in [3.05, 3.63) is 82.7 Å². The van der Waals surface area contributed by atoms with Gasteiger partial charge in [-0.3, -0.25) is 4.79 Å². The summed E-state index contributed by atoms with van der Waals surface area (Å²) in [4.78, 5) is 11.2. The van der Waals surface area contributed by atoms with E-state index < -0.39 is 5.97 Å². The lowest BCUT2D eigenvalue weighted by Crippen LogP contribution is -2.13. The number of halogens is 1. The van der Waals surface area contributed by atoms with E-state index in [0.29, 0.717) is 23.7 Å². The van der Waals surface area contributed by atoms with Gasteiger partial charge in [-0.2, -0.15) is 0 Å². The van der Waals surface area contributed by atoms with Crippen molar-refractivity contribution in [1.29, 1.82) is 0 Å². The number of hydrogen-bond donors (Lipinski definition) is 1. The van der Waals surface area contributed by atoms with Gasteiger partial charge in [-0.05, 0) is 88.4 Å². The van der Waals surface area contributed by atoms with E-state index >= 15 is 0 Å². The first-order chi connectivity index (χ1) is 16.2. The molecule has 0 fully saturated rings. The number of hydrogen-bond acceptors (Lipinski definition) is 3. The Hall–Kier alpha value is -3.34. The van der Waals surface area contributed by atoms with Crippen molar-refractivity contribution in [3.8, 4) is 22.6 Å². The third-order valence-electron chi connectivity index (χ3n) is 6.50. The molecule has 1 atom stereocenters. The minimum Gasteiger partial charge on any atom is -0.497 e. The fourth-order valence-electron chi connectivity index (χ4n) is 4.74. The summed E-state index contributed by atoms with van der Waals surface area (Å²) in [6.07, 6.45) is 1.90. The maximum absolute atomic E-state index is 14.9. The van der Waals surface area contributed by atoms with Crippen LogP contribution in [-0.4, -0.2) is 18.2 Å². The Kier molecular flexibility index (Phi) is 6.65. The van der Waals surface area contributed by atoms with E-state index in [0.717, 1.165) is 35.1 Å². The Morgan fingerprint density at radius 3 is 2.50 bits per heavy atom. The molecule has 0 spiro atoms. The van der Waals surface area contributed by atoms with Crippen LogP contribution in [0.2, 0.25) is 0 Å². The molecule has 0 radical (unpaired) electrons. The molecule has 4 nitrogen and oxygen atoms in total. The summed E-state index contributed by atoms with van der Waals surface area (Å²) in [5.41, 5.74) is 5.38. The maximum Gasteiger partial charge on any atom is 0.303 e. The van der Waals surface area contributed by atoms with Crippen LogP contribution in [0.5, 0.6) is 11.5 Å². The van der Waals surface area contributed by atoms with Crippen molar-refractivity contribution in [2.24, 2.45) is 0 Å². The lowest BCUT2D eigenvalue weighted by Gasteiger charge is -2.24. The van der Waals surface area contributed by atoms with Crippen LogP contribution >= 0.6 is 0 Å². The summed E-state index contributed by atoms with van der Waals surface area (Å²) in [6, 6.07) is 16.8. The van der Waals surface area contributed by atoms with Crippen LogP contribution in [-0.2, 0) is 23.2 Å². The summed E-state index contributed by atoms with van der Waals surface area (Å²) in [7, 11) is 1.57. The molecule has 0 bridgehead atoms.